The molecule has 2 aliphatic rings. The number of benzene rings is 2. The van der Waals surface area contributed by atoms with Crippen LogP contribution in [0.4, 0.5) is 35.9 Å². The van der Waals surface area contributed by atoms with E-state index in [4.69, 9.17) is 11.3 Å². The third kappa shape index (κ3) is 7.41. The van der Waals surface area contributed by atoms with E-state index in [9.17, 15) is 28.1 Å². The molecule has 12 heteroatoms. The maximum absolute atomic E-state index is 13.2. The van der Waals surface area contributed by atoms with Crippen molar-refractivity contribution in [1.82, 2.24) is 5.32 Å². The molecule has 9 nitrogen and oxygen atoms in total. The van der Waals surface area contributed by atoms with E-state index in [0.717, 1.165) is 49.3 Å². The topological polar surface area (TPSA) is 101 Å². The molecule has 40 heavy (non-hydrogen) atoms. The third-order valence-electron chi connectivity index (χ3n) is 7.52. The normalized spacial score (nSPS) is 20.0. The van der Waals surface area contributed by atoms with Gasteiger partial charge in [-0.05, 0) is 75.3 Å². The molecule has 0 atom stereocenters. The van der Waals surface area contributed by atoms with Gasteiger partial charge in [0.15, 0.2) is 5.69 Å². The van der Waals surface area contributed by atoms with Crippen LogP contribution in [0.1, 0.15) is 49.7 Å². The molecule has 0 spiro atoms. The minimum atomic E-state index is -4.83. The van der Waals surface area contributed by atoms with Crippen molar-refractivity contribution in [2.45, 2.75) is 69.8 Å². The molecular formula is C28H32F3N5O4. The number of nitro benzene ring substituents is 1. The van der Waals surface area contributed by atoms with Crippen LogP contribution in [0.3, 0.4) is 0 Å². The molecule has 1 aliphatic heterocycles. The highest BCUT2D eigenvalue weighted by molar-refractivity contribution is 5.77. The molecule has 1 amide bonds. The first-order valence-electron chi connectivity index (χ1n) is 13.3. The number of aryl methyl sites for hydroxylation is 1. The van der Waals surface area contributed by atoms with E-state index >= 15 is 0 Å². The van der Waals surface area contributed by atoms with Gasteiger partial charge in [-0.25, -0.2) is 4.85 Å². The number of carbonyl (C=O) groups is 1. The Labute approximate surface area is 230 Å². The van der Waals surface area contributed by atoms with Crippen molar-refractivity contribution in [2.75, 3.05) is 29.9 Å². The summed E-state index contributed by atoms with van der Waals surface area (Å²) in [4.78, 5) is 28.2. The number of nitro groups is 1. The highest BCUT2D eigenvalue weighted by Crippen LogP contribution is 2.38. The molecule has 0 radical (unpaired) electrons. The van der Waals surface area contributed by atoms with E-state index in [1.807, 2.05) is 25.1 Å². The van der Waals surface area contributed by atoms with Crippen LogP contribution in [0.25, 0.3) is 4.85 Å². The fraction of sp³-hybridized carbons (Fsp3) is 0.500. The quantitative estimate of drug-likeness (QED) is 0.234. The van der Waals surface area contributed by atoms with Crippen LogP contribution in [0.5, 0.6) is 0 Å². The van der Waals surface area contributed by atoms with Crippen molar-refractivity contribution in [3.63, 3.8) is 0 Å². The predicted octanol–water partition coefficient (Wildman–Crippen LogP) is 6.00. The van der Waals surface area contributed by atoms with Crippen LogP contribution in [-0.2, 0) is 15.7 Å². The summed E-state index contributed by atoms with van der Waals surface area (Å²) in [6, 6.07) is 8.74. The number of hydrogen-bond donors (Lipinski definition) is 2. The summed E-state index contributed by atoms with van der Waals surface area (Å²) in [6.07, 6.45) is -0.750. The molecule has 1 saturated heterocycles. The van der Waals surface area contributed by atoms with Gasteiger partial charge >= 0.3 is 6.18 Å². The van der Waals surface area contributed by atoms with Gasteiger partial charge in [0.2, 0.25) is 5.91 Å². The molecule has 2 N–H and O–H groups in total. The van der Waals surface area contributed by atoms with Crippen molar-refractivity contribution >= 4 is 28.7 Å². The number of anilines is 2. The number of hydrogen-bond acceptors (Lipinski definition) is 6. The number of amides is 1. The Morgan fingerprint density at radius 1 is 1.10 bits per heavy atom. The van der Waals surface area contributed by atoms with Gasteiger partial charge in [0.05, 0.1) is 17.6 Å². The lowest BCUT2D eigenvalue weighted by Gasteiger charge is -2.34. The number of nitrogens with one attached hydrogen (secondary N) is 2. The number of piperidine rings is 1. The minimum absolute atomic E-state index is 0.0441. The summed E-state index contributed by atoms with van der Waals surface area (Å²) in [5.41, 5.74) is 0.620. The maximum atomic E-state index is 13.2. The van der Waals surface area contributed by atoms with Crippen LogP contribution in [0.2, 0.25) is 0 Å². The summed E-state index contributed by atoms with van der Waals surface area (Å²) in [6.45, 7) is 10.7. The van der Waals surface area contributed by atoms with Crippen molar-refractivity contribution in [3.8, 4) is 0 Å². The zero-order chi connectivity index (χ0) is 28.9. The average Bonchev–Trinajstić information content (AvgIpc) is 2.92. The molecule has 0 aromatic heterocycles. The zero-order valence-corrected chi connectivity index (χ0v) is 22.2. The van der Waals surface area contributed by atoms with E-state index in [0.29, 0.717) is 31.4 Å². The van der Waals surface area contributed by atoms with Crippen LogP contribution >= 0.6 is 0 Å². The fourth-order valence-corrected chi connectivity index (χ4v) is 5.33. The number of alkyl halides is 3. The fourth-order valence-electron chi connectivity index (χ4n) is 5.33. The Balaban J connectivity index is 1.17. The van der Waals surface area contributed by atoms with Crippen LogP contribution in [0, 0.1) is 23.6 Å². The molecule has 0 bridgehead atoms. The molecule has 214 valence electrons. The summed E-state index contributed by atoms with van der Waals surface area (Å²) < 4.78 is 45.6. The van der Waals surface area contributed by atoms with Gasteiger partial charge in [0.25, 0.3) is 5.69 Å². The van der Waals surface area contributed by atoms with Crippen molar-refractivity contribution in [2.24, 2.45) is 0 Å². The van der Waals surface area contributed by atoms with Gasteiger partial charge in [0.1, 0.15) is 12.2 Å². The monoisotopic (exact) mass is 559 g/mol. The molecule has 4 rings (SSSR count). The van der Waals surface area contributed by atoms with Crippen LogP contribution in [-0.4, -0.2) is 48.7 Å². The number of halogens is 3. The Morgan fingerprint density at radius 2 is 1.80 bits per heavy atom. The van der Waals surface area contributed by atoms with E-state index < -0.39 is 22.4 Å². The summed E-state index contributed by atoms with van der Waals surface area (Å²) in [5.74, 6) is -0.165. The Hall–Kier alpha value is -3.85. The molecular weight excluding hydrogens is 527 g/mol. The van der Waals surface area contributed by atoms with Gasteiger partial charge in [-0.3, -0.25) is 14.9 Å². The number of nitrogens with zero attached hydrogens (tertiary/aromatic N) is 3. The van der Waals surface area contributed by atoms with Crippen LogP contribution in [0.15, 0.2) is 36.4 Å². The average molecular weight is 560 g/mol. The van der Waals surface area contributed by atoms with Gasteiger partial charge < -0.3 is 20.3 Å². The number of carbonyl (C=O) groups excluding carboxylic acids is 1. The first-order valence-corrected chi connectivity index (χ1v) is 13.3. The van der Waals surface area contributed by atoms with E-state index in [2.05, 4.69) is 20.4 Å². The second-order valence-electron chi connectivity index (χ2n) is 10.3. The Bertz CT molecular complexity index is 1260. The maximum Gasteiger partial charge on any atom is 0.423 e. The Kier molecular flexibility index (Phi) is 9.14. The number of ether oxygens (including phenoxy) is 1. The molecule has 0 unspecified atom stereocenters. The predicted molar refractivity (Wildman–Crippen MR) is 145 cm³/mol. The van der Waals surface area contributed by atoms with Gasteiger partial charge in [0, 0.05) is 42.6 Å². The molecule has 2 aromatic rings. The lowest BCUT2D eigenvalue weighted by molar-refractivity contribution is -0.388. The summed E-state index contributed by atoms with van der Waals surface area (Å²) >= 11 is 0. The largest absolute Gasteiger partial charge is 0.423 e. The lowest BCUT2D eigenvalue weighted by atomic mass is 9.92. The first-order chi connectivity index (χ1) is 19.0. The zero-order valence-electron chi connectivity index (χ0n) is 22.2. The Morgan fingerprint density at radius 3 is 2.40 bits per heavy atom. The highest BCUT2D eigenvalue weighted by Gasteiger charge is 2.38. The molecule has 1 aliphatic carbocycles. The van der Waals surface area contributed by atoms with Crippen molar-refractivity contribution < 1.29 is 27.6 Å². The molecule has 2 aromatic carbocycles. The standard InChI is InChI=1S/C28H32F3N5O4/c1-18-15-22(6-9-25(18)32-2)35-13-11-20(12-14-35)34-27(37)17-40-23-7-3-19(4-8-23)33-21-5-10-26(36(38)39)24(16-21)28(29,30)31/h5-6,9-10,15-16,19-20,23,33H,3-4,7-8,11-14,17H2,1H3,(H,34,37). The number of rotatable bonds is 8. The van der Waals surface area contributed by atoms with Crippen molar-refractivity contribution in [3.05, 3.63) is 69.1 Å². The van der Waals surface area contributed by atoms with E-state index in [1.54, 1.807) is 0 Å². The van der Waals surface area contributed by atoms with E-state index in [1.165, 1.54) is 6.07 Å². The SMILES string of the molecule is [C-]#[N+]c1ccc(N2CCC(NC(=O)COC3CCC(Nc4ccc([N+](=O)[O-])c(C(F)(F)F)c4)CC3)CC2)cc1C. The first kappa shape index (κ1) is 29.1. The highest BCUT2D eigenvalue weighted by atomic mass is 19.4. The minimum Gasteiger partial charge on any atom is -0.382 e. The molecule has 1 heterocycles. The van der Waals surface area contributed by atoms with Crippen molar-refractivity contribution in [1.29, 1.82) is 0 Å². The van der Waals surface area contributed by atoms with Crippen LogP contribution < -0.4 is 15.5 Å². The molecule has 2 fully saturated rings. The van der Waals surface area contributed by atoms with E-state index in [-0.39, 0.29) is 36.4 Å². The van der Waals surface area contributed by atoms with Gasteiger partial charge in [-0.1, -0.05) is 6.07 Å². The lowest BCUT2D eigenvalue weighted by Crippen LogP contribution is -2.46. The smallest absolute Gasteiger partial charge is 0.382 e. The second-order valence-corrected chi connectivity index (χ2v) is 10.3. The third-order valence-corrected chi connectivity index (χ3v) is 7.52. The summed E-state index contributed by atoms with van der Waals surface area (Å²) in [7, 11) is 0. The molecule has 1 saturated carbocycles. The summed E-state index contributed by atoms with van der Waals surface area (Å²) in [5, 5.41) is 17.1. The second kappa shape index (κ2) is 12.6. The van der Waals surface area contributed by atoms with Gasteiger partial charge in [-0.15, -0.1) is 0 Å². The van der Waals surface area contributed by atoms with Gasteiger partial charge in [-0.2, -0.15) is 13.2 Å².